The molecule has 0 spiro atoms. The first-order valence-electron chi connectivity index (χ1n) is 11.1. The van der Waals surface area contributed by atoms with Gasteiger partial charge in [0.25, 0.3) is 11.8 Å². The summed E-state index contributed by atoms with van der Waals surface area (Å²) in [5, 5.41) is 4.98. The molecule has 0 bridgehead atoms. The summed E-state index contributed by atoms with van der Waals surface area (Å²) < 4.78 is 0. The predicted molar refractivity (Wildman–Crippen MR) is 129 cm³/mol. The zero-order valence-corrected chi connectivity index (χ0v) is 19.0. The monoisotopic (exact) mass is 441 g/mol. The molecule has 3 atom stereocenters. The Morgan fingerprint density at radius 3 is 2.39 bits per heavy atom. The molecular weight excluding hydrogens is 414 g/mol. The lowest BCUT2D eigenvalue weighted by atomic mass is 9.84. The van der Waals surface area contributed by atoms with Crippen LogP contribution in [0.1, 0.15) is 47.9 Å². The van der Waals surface area contributed by atoms with Crippen LogP contribution in [0, 0.1) is 11.8 Å². The normalized spacial score (nSPS) is 16.2. The highest BCUT2D eigenvalue weighted by Crippen LogP contribution is 2.31. The van der Waals surface area contributed by atoms with E-state index in [-0.39, 0.29) is 42.0 Å². The topological polar surface area (TPSA) is 79.4 Å². The van der Waals surface area contributed by atoms with Gasteiger partial charge in [-0.3, -0.25) is 24.3 Å². The molecule has 3 aromatic rings. The van der Waals surface area contributed by atoms with Gasteiger partial charge in [0.1, 0.15) is 0 Å². The largest absolute Gasteiger partial charge is 0.326 e. The third kappa shape index (κ3) is 4.42. The van der Waals surface area contributed by atoms with Crippen LogP contribution < -0.4 is 5.32 Å². The minimum Gasteiger partial charge on any atom is -0.326 e. The van der Waals surface area contributed by atoms with Crippen LogP contribution in [0.4, 0.5) is 5.69 Å². The summed E-state index contributed by atoms with van der Waals surface area (Å²) in [6, 6.07) is 14.1. The van der Waals surface area contributed by atoms with Crippen molar-refractivity contribution in [3.05, 3.63) is 84.2 Å². The molecule has 6 nitrogen and oxygen atoms in total. The van der Waals surface area contributed by atoms with E-state index in [1.807, 2.05) is 57.2 Å². The van der Waals surface area contributed by atoms with Gasteiger partial charge >= 0.3 is 0 Å². The fourth-order valence-electron chi connectivity index (χ4n) is 4.43. The summed E-state index contributed by atoms with van der Waals surface area (Å²) in [5.41, 5.74) is 1.60. The van der Waals surface area contributed by atoms with E-state index in [4.69, 9.17) is 0 Å². The number of allylic oxidation sites excluding steroid dienone is 2. The zero-order chi connectivity index (χ0) is 23.5. The Labute approximate surface area is 193 Å². The molecule has 1 aliphatic rings. The minimum absolute atomic E-state index is 0.114. The maximum atomic E-state index is 12.9. The lowest BCUT2D eigenvalue weighted by Gasteiger charge is -2.32. The maximum absolute atomic E-state index is 12.9. The number of carbonyl (C=O) groups excluding carboxylic acids is 3. The van der Waals surface area contributed by atoms with E-state index in [2.05, 4.69) is 10.3 Å². The number of aromatic nitrogens is 1. The standard InChI is InChI=1S/C27H27N3O3/c1-4-7-19(15-25(31)29-22-11-10-21-16-28-13-12-20(21)14-22)17(2)18(3)30-26(32)23-8-5-6-9-24(23)27(30)33/h4-14,16-19H,15H2,1-3H3,(H,29,31)/b7-4-/t17-,18?,19?/m1/s1. The highest BCUT2D eigenvalue weighted by atomic mass is 16.2. The van der Waals surface area contributed by atoms with Crippen molar-refractivity contribution in [2.45, 2.75) is 33.2 Å². The van der Waals surface area contributed by atoms with E-state index in [9.17, 15) is 14.4 Å². The van der Waals surface area contributed by atoms with Gasteiger partial charge in [0.05, 0.1) is 11.1 Å². The predicted octanol–water partition coefficient (Wildman–Crippen LogP) is 5.08. The number of amides is 3. The van der Waals surface area contributed by atoms with Gasteiger partial charge in [-0.15, -0.1) is 0 Å². The number of imide groups is 1. The summed E-state index contributed by atoms with van der Waals surface area (Å²) in [5.74, 6) is -0.919. The molecule has 3 amide bonds. The smallest absolute Gasteiger partial charge is 0.261 e. The first-order valence-corrected chi connectivity index (χ1v) is 11.1. The van der Waals surface area contributed by atoms with Gasteiger partial charge in [-0.1, -0.05) is 37.3 Å². The van der Waals surface area contributed by atoms with Crippen molar-refractivity contribution in [1.29, 1.82) is 0 Å². The first-order chi connectivity index (χ1) is 15.9. The molecular formula is C27H27N3O3. The molecule has 4 rings (SSSR count). The number of pyridine rings is 1. The van der Waals surface area contributed by atoms with Crippen LogP contribution in [0.5, 0.6) is 0 Å². The van der Waals surface area contributed by atoms with Crippen LogP contribution in [0.2, 0.25) is 0 Å². The van der Waals surface area contributed by atoms with Gasteiger partial charge in [-0.2, -0.15) is 0 Å². The average Bonchev–Trinajstić information content (AvgIpc) is 3.08. The van der Waals surface area contributed by atoms with Crippen molar-refractivity contribution in [3.63, 3.8) is 0 Å². The number of benzene rings is 2. The van der Waals surface area contributed by atoms with Gasteiger partial charge in [-0.05, 0) is 61.4 Å². The summed E-state index contributed by atoms with van der Waals surface area (Å²) >= 11 is 0. The first kappa shape index (κ1) is 22.4. The molecule has 1 aromatic heterocycles. The second-order valence-corrected chi connectivity index (χ2v) is 8.51. The molecule has 33 heavy (non-hydrogen) atoms. The number of carbonyl (C=O) groups is 3. The Hall–Kier alpha value is -3.80. The second kappa shape index (κ2) is 9.36. The van der Waals surface area contributed by atoms with Gasteiger partial charge in [0, 0.05) is 35.9 Å². The molecule has 0 aliphatic carbocycles. The molecule has 0 radical (unpaired) electrons. The number of anilines is 1. The zero-order valence-electron chi connectivity index (χ0n) is 19.0. The van der Waals surface area contributed by atoms with Crippen molar-refractivity contribution in [2.75, 3.05) is 5.32 Å². The number of hydrogen-bond acceptors (Lipinski definition) is 4. The van der Waals surface area contributed by atoms with Crippen LogP contribution in [-0.2, 0) is 4.79 Å². The molecule has 1 aliphatic heterocycles. The summed E-state index contributed by atoms with van der Waals surface area (Å²) in [7, 11) is 0. The third-order valence-corrected chi connectivity index (χ3v) is 6.45. The Bertz CT molecular complexity index is 1220. The van der Waals surface area contributed by atoms with E-state index in [1.165, 1.54) is 4.90 Å². The number of hydrogen-bond donors (Lipinski definition) is 1. The van der Waals surface area contributed by atoms with Gasteiger partial charge in [0.2, 0.25) is 5.91 Å². The summed E-state index contributed by atoms with van der Waals surface area (Å²) in [6.07, 6.45) is 7.63. The molecule has 6 heteroatoms. The van der Waals surface area contributed by atoms with Crippen molar-refractivity contribution >= 4 is 34.2 Å². The average molecular weight is 442 g/mol. The van der Waals surface area contributed by atoms with E-state index >= 15 is 0 Å². The Kier molecular flexibility index (Phi) is 6.36. The van der Waals surface area contributed by atoms with Crippen molar-refractivity contribution in [1.82, 2.24) is 9.88 Å². The molecule has 2 heterocycles. The van der Waals surface area contributed by atoms with E-state index in [0.29, 0.717) is 11.1 Å². The molecule has 0 fully saturated rings. The van der Waals surface area contributed by atoms with Gasteiger partial charge < -0.3 is 5.32 Å². The Balaban J connectivity index is 1.47. The second-order valence-electron chi connectivity index (χ2n) is 8.51. The summed E-state index contributed by atoms with van der Waals surface area (Å²) in [4.78, 5) is 44.1. The lowest BCUT2D eigenvalue weighted by molar-refractivity contribution is -0.117. The molecule has 0 saturated carbocycles. The third-order valence-electron chi connectivity index (χ3n) is 6.45. The number of nitrogens with zero attached hydrogens (tertiary/aromatic N) is 2. The Morgan fingerprint density at radius 2 is 1.73 bits per heavy atom. The lowest BCUT2D eigenvalue weighted by Crippen LogP contribution is -2.44. The highest BCUT2D eigenvalue weighted by Gasteiger charge is 2.41. The van der Waals surface area contributed by atoms with Crippen LogP contribution >= 0.6 is 0 Å². The molecule has 0 saturated heterocycles. The van der Waals surface area contributed by atoms with E-state index in [1.54, 1.807) is 36.7 Å². The fraction of sp³-hybridized carbons (Fsp3) is 0.259. The molecule has 1 N–H and O–H groups in total. The van der Waals surface area contributed by atoms with Crippen molar-refractivity contribution in [3.8, 4) is 0 Å². The van der Waals surface area contributed by atoms with Crippen molar-refractivity contribution in [2.24, 2.45) is 11.8 Å². The fourth-order valence-corrected chi connectivity index (χ4v) is 4.43. The van der Waals surface area contributed by atoms with Crippen LogP contribution in [-0.4, -0.2) is 33.6 Å². The molecule has 2 unspecified atom stereocenters. The number of fused-ring (bicyclic) bond motifs is 2. The van der Waals surface area contributed by atoms with Gasteiger partial charge in [0.15, 0.2) is 0 Å². The SMILES string of the molecule is C/C=C\C(CC(=O)Nc1ccc2cnccc2c1)[C@H](C)C(C)N1C(=O)c2ccccc2C1=O. The quantitative estimate of drug-likeness (QED) is 0.410. The molecule has 168 valence electrons. The minimum atomic E-state index is -0.362. The van der Waals surface area contributed by atoms with Crippen LogP contribution in [0.3, 0.4) is 0 Å². The maximum Gasteiger partial charge on any atom is 0.261 e. The van der Waals surface area contributed by atoms with Crippen molar-refractivity contribution < 1.29 is 14.4 Å². The highest BCUT2D eigenvalue weighted by molar-refractivity contribution is 6.21. The van der Waals surface area contributed by atoms with E-state index < -0.39 is 0 Å². The van der Waals surface area contributed by atoms with Gasteiger partial charge in [-0.25, -0.2) is 0 Å². The van der Waals surface area contributed by atoms with Crippen LogP contribution in [0.25, 0.3) is 10.8 Å². The van der Waals surface area contributed by atoms with Crippen LogP contribution in [0.15, 0.2) is 73.1 Å². The van der Waals surface area contributed by atoms with E-state index in [0.717, 1.165) is 16.5 Å². The summed E-state index contributed by atoms with van der Waals surface area (Å²) in [6.45, 7) is 5.76. The molecule has 2 aromatic carbocycles. The number of rotatable bonds is 7. The Morgan fingerprint density at radius 1 is 1.03 bits per heavy atom. The number of nitrogens with one attached hydrogen (secondary N) is 1.